The van der Waals surface area contributed by atoms with Crippen molar-refractivity contribution < 1.29 is 23.4 Å². The minimum absolute atomic E-state index is 0.119. The van der Waals surface area contributed by atoms with Crippen LogP contribution in [0.3, 0.4) is 0 Å². The van der Waals surface area contributed by atoms with Crippen molar-refractivity contribution in [3.05, 3.63) is 100 Å². The smallest absolute Gasteiger partial charge is 0.337 e. The van der Waals surface area contributed by atoms with Gasteiger partial charge in [-0.15, -0.1) is 0 Å². The van der Waals surface area contributed by atoms with E-state index in [1.807, 2.05) is 18.2 Å². The van der Waals surface area contributed by atoms with Gasteiger partial charge in [-0.05, 0) is 42.0 Å². The zero-order chi connectivity index (χ0) is 20.9. The second-order valence-corrected chi connectivity index (χ2v) is 6.48. The molecule has 1 heterocycles. The molecule has 0 aliphatic rings. The minimum atomic E-state index is -0.386. The number of benzene rings is 3. The lowest BCUT2D eigenvalue weighted by Gasteiger charge is -2.09. The number of carbonyl (C=O) groups is 1. The Morgan fingerprint density at radius 3 is 2.43 bits per heavy atom. The highest BCUT2D eigenvalue weighted by Crippen LogP contribution is 2.24. The van der Waals surface area contributed by atoms with E-state index in [1.54, 1.807) is 54.6 Å². The third kappa shape index (κ3) is 4.17. The van der Waals surface area contributed by atoms with Crippen molar-refractivity contribution in [2.45, 2.75) is 6.61 Å². The molecule has 3 aromatic carbocycles. The van der Waals surface area contributed by atoms with Crippen molar-refractivity contribution in [2.24, 2.45) is 0 Å². The monoisotopic (exact) mass is 402 g/mol. The summed E-state index contributed by atoms with van der Waals surface area (Å²) in [6.45, 7) is 0.298. The lowest BCUT2D eigenvalue weighted by atomic mass is 10.1. The van der Waals surface area contributed by atoms with E-state index in [9.17, 15) is 9.59 Å². The van der Waals surface area contributed by atoms with E-state index >= 15 is 0 Å². The first kappa shape index (κ1) is 19.3. The lowest BCUT2D eigenvalue weighted by Crippen LogP contribution is -2.05. The van der Waals surface area contributed by atoms with Crippen LogP contribution < -0.4 is 14.9 Å². The molecule has 0 amide bonds. The van der Waals surface area contributed by atoms with Crippen molar-refractivity contribution in [3.8, 4) is 17.2 Å². The van der Waals surface area contributed by atoms with Crippen molar-refractivity contribution in [1.82, 2.24) is 0 Å². The summed E-state index contributed by atoms with van der Waals surface area (Å²) in [6.07, 6.45) is 1.30. The predicted octanol–water partition coefficient (Wildman–Crippen LogP) is 4.95. The van der Waals surface area contributed by atoms with Crippen LogP contribution in [-0.4, -0.2) is 13.1 Å². The quantitative estimate of drug-likeness (QED) is 0.425. The number of hydrogen-bond acceptors (Lipinski definition) is 6. The maximum absolute atomic E-state index is 12.7. The first-order valence-corrected chi connectivity index (χ1v) is 9.22. The number of rotatable bonds is 6. The number of hydrogen-bond donors (Lipinski definition) is 0. The molecule has 6 nitrogen and oxygen atoms in total. The summed E-state index contributed by atoms with van der Waals surface area (Å²) in [5.41, 5.74) is 1.50. The van der Waals surface area contributed by atoms with E-state index in [2.05, 4.69) is 4.74 Å². The standard InChI is InChI=1S/C24H18O6/c1-27-24(26)17-9-7-16(8-10-17)14-28-19-11-12-20-21(13-19)29-15-22(23(20)25)30-18-5-3-2-4-6-18/h2-13,15H,14H2,1H3. The van der Waals surface area contributed by atoms with E-state index in [0.29, 0.717) is 34.6 Å². The van der Waals surface area contributed by atoms with Crippen LogP contribution in [0.2, 0.25) is 0 Å². The predicted molar refractivity (Wildman–Crippen MR) is 111 cm³/mol. The molecule has 4 aromatic rings. The third-order valence-electron chi connectivity index (χ3n) is 4.47. The topological polar surface area (TPSA) is 75.0 Å². The highest BCUT2D eigenvalue weighted by atomic mass is 16.5. The molecular formula is C24H18O6. The van der Waals surface area contributed by atoms with Crippen molar-refractivity contribution in [2.75, 3.05) is 7.11 Å². The molecule has 0 aliphatic carbocycles. The number of para-hydroxylation sites is 1. The van der Waals surface area contributed by atoms with Crippen LogP contribution in [0, 0.1) is 0 Å². The molecule has 0 atom stereocenters. The number of esters is 1. The average Bonchev–Trinajstić information content (AvgIpc) is 2.80. The summed E-state index contributed by atoms with van der Waals surface area (Å²) >= 11 is 0. The van der Waals surface area contributed by atoms with Gasteiger partial charge >= 0.3 is 5.97 Å². The molecule has 6 heteroatoms. The number of carbonyl (C=O) groups excluding carboxylic acids is 1. The van der Waals surface area contributed by atoms with Gasteiger partial charge in [0, 0.05) is 6.07 Å². The van der Waals surface area contributed by atoms with Gasteiger partial charge in [-0.2, -0.15) is 0 Å². The van der Waals surface area contributed by atoms with E-state index in [-0.39, 0.29) is 17.1 Å². The van der Waals surface area contributed by atoms with Crippen LogP contribution in [0.5, 0.6) is 17.2 Å². The molecule has 0 aliphatic heterocycles. The summed E-state index contributed by atoms with van der Waals surface area (Å²) in [5, 5.41) is 0.401. The van der Waals surface area contributed by atoms with Crippen LogP contribution in [0.1, 0.15) is 15.9 Å². The van der Waals surface area contributed by atoms with Crippen LogP contribution in [0.15, 0.2) is 88.3 Å². The lowest BCUT2D eigenvalue weighted by molar-refractivity contribution is 0.0600. The van der Waals surface area contributed by atoms with E-state index < -0.39 is 0 Å². The maximum Gasteiger partial charge on any atom is 0.337 e. The zero-order valence-electron chi connectivity index (χ0n) is 16.2. The van der Waals surface area contributed by atoms with Gasteiger partial charge in [-0.1, -0.05) is 30.3 Å². The van der Waals surface area contributed by atoms with Crippen LogP contribution in [-0.2, 0) is 11.3 Å². The van der Waals surface area contributed by atoms with Gasteiger partial charge in [0.1, 0.15) is 30.0 Å². The number of ether oxygens (including phenoxy) is 3. The fourth-order valence-corrected chi connectivity index (χ4v) is 2.89. The van der Waals surface area contributed by atoms with Gasteiger partial charge in [0.25, 0.3) is 0 Å². The van der Waals surface area contributed by atoms with Gasteiger partial charge in [-0.25, -0.2) is 4.79 Å². The molecule has 30 heavy (non-hydrogen) atoms. The highest BCUT2D eigenvalue weighted by Gasteiger charge is 2.11. The average molecular weight is 402 g/mol. The van der Waals surface area contributed by atoms with Crippen LogP contribution in [0.25, 0.3) is 11.0 Å². The van der Waals surface area contributed by atoms with Crippen LogP contribution in [0.4, 0.5) is 0 Å². The molecule has 0 bridgehead atoms. The van der Waals surface area contributed by atoms with Crippen molar-refractivity contribution >= 4 is 16.9 Å². The third-order valence-corrected chi connectivity index (χ3v) is 4.47. The summed E-state index contributed by atoms with van der Waals surface area (Å²) in [7, 11) is 1.34. The molecule has 0 saturated carbocycles. The molecular weight excluding hydrogens is 384 g/mol. The Kier molecular flexibility index (Phi) is 5.48. The van der Waals surface area contributed by atoms with Gasteiger partial charge < -0.3 is 18.6 Å². The van der Waals surface area contributed by atoms with Gasteiger partial charge in [0.05, 0.1) is 18.1 Å². The first-order valence-electron chi connectivity index (χ1n) is 9.22. The molecule has 0 saturated heterocycles. The van der Waals surface area contributed by atoms with E-state index in [0.717, 1.165) is 5.56 Å². The molecule has 0 unspecified atom stereocenters. The Hall–Kier alpha value is -4.06. The second kappa shape index (κ2) is 8.53. The molecule has 0 radical (unpaired) electrons. The van der Waals surface area contributed by atoms with Crippen LogP contribution >= 0.6 is 0 Å². The minimum Gasteiger partial charge on any atom is -0.489 e. The largest absolute Gasteiger partial charge is 0.489 e. The second-order valence-electron chi connectivity index (χ2n) is 6.48. The first-order chi connectivity index (χ1) is 14.6. The highest BCUT2D eigenvalue weighted by molar-refractivity contribution is 5.89. The summed E-state index contributed by atoms with van der Waals surface area (Å²) in [4.78, 5) is 24.2. The molecule has 150 valence electrons. The Morgan fingerprint density at radius 2 is 1.70 bits per heavy atom. The molecule has 0 N–H and O–H groups in total. The van der Waals surface area contributed by atoms with Crippen molar-refractivity contribution in [1.29, 1.82) is 0 Å². The number of fused-ring (bicyclic) bond motifs is 1. The van der Waals surface area contributed by atoms with E-state index in [1.165, 1.54) is 13.4 Å². The Balaban J connectivity index is 1.49. The summed E-state index contributed by atoms with van der Waals surface area (Å²) in [6, 6.07) is 21.0. The van der Waals surface area contributed by atoms with Crippen molar-refractivity contribution in [3.63, 3.8) is 0 Å². The summed E-state index contributed by atoms with van der Waals surface area (Å²) in [5.74, 6) is 0.845. The number of methoxy groups -OCH3 is 1. The SMILES string of the molecule is COC(=O)c1ccc(COc2ccc3c(=O)c(Oc4ccccc4)coc3c2)cc1. The Labute approximate surface area is 172 Å². The molecule has 1 aromatic heterocycles. The van der Waals surface area contributed by atoms with Gasteiger partial charge in [0.2, 0.25) is 11.2 Å². The summed E-state index contributed by atoms with van der Waals surface area (Å²) < 4.78 is 21.7. The molecule has 0 spiro atoms. The Morgan fingerprint density at radius 1 is 0.933 bits per heavy atom. The normalized spacial score (nSPS) is 10.6. The van der Waals surface area contributed by atoms with Gasteiger partial charge in [0.15, 0.2) is 0 Å². The Bertz CT molecular complexity index is 1230. The fraction of sp³-hybridized carbons (Fsp3) is 0.0833. The molecule has 4 rings (SSSR count). The zero-order valence-corrected chi connectivity index (χ0v) is 16.2. The van der Waals surface area contributed by atoms with E-state index in [4.69, 9.17) is 13.9 Å². The molecule has 0 fully saturated rings. The fourth-order valence-electron chi connectivity index (χ4n) is 2.89. The maximum atomic E-state index is 12.7. The van der Waals surface area contributed by atoms with Gasteiger partial charge in [-0.3, -0.25) is 4.79 Å².